The number of carbonyl (C=O) groups excluding carboxylic acids is 1. The lowest BCUT2D eigenvalue weighted by Crippen LogP contribution is -2.38. The number of amides is 1. The Hall–Kier alpha value is -2.88. The van der Waals surface area contributed by atoms with Gasteiger partial charge in [0, 0.05) is 31.5 Å². The number of rotatable bonds is 7. The zero-order valence-corrected chi connectivity index (χ0v) is 16.8. The first-order valence-corrected chi connectivity index (χ1v) is 10.6. The normalized spacial score (nSPS) is 14.8. The van der Waals surface area contributed by atoms with Crippen molar-refractivity contribution in [1.29, 1.82) is 0 Å². The van der Waals surface area contributed by atoms with Gasteiger partial charge in [-0.2, -0.15) is 0 Å². The topological polar surface area (TPSA) is 46.3 Å². The van der Waals surface area contributed by atoms with Crippen molar-refractivity contribution >= 4 is 5.91 Å². The second kappa shape index (κ2) is 9.55. The van der Waals surface area contributed by atoms with E-state index < -0.39 is 0 Å². The quantitative estimate of drug-likeness (QED) is 0.563. The molecule has 150 valence electrons. The fourth-order valence-electron chi connectivity index (χ4n) is 4.04. The summed E-state index contributed by atoms with van der Waals surface area (Å²) in [6.07, 6.45) is 7.12. The number of likely N-dealkylation sites (tertiary alicyclic amines) is 1. The average Bonchev–Trinajstić information content (AvgIpc) is 3.24. The Morgan fingerprint density at radius 2 is 1.69 bits per heavy atom. The van der Waals surface area contributed by atoms with E-state index in [1.54, 1.807) is 6.20 Å². The molecule has 4 heteroatoms. The van der Waals surface area contributed by atoms with Gasteiger partial charge in [-0.05, 0) is 37.2 Å². The molecule has 0 bridgehead atoms. The second-order valence-corrected chi connectivity index (χ2v) is 7.85. The van der Waals surface area contributed by atoms with Gasteiger partial charge < -0.3 is 9.32 Å². The zero-order chi connectivity index (χ0) is 19.9. The van der Waals surface area contributed by atoms with Crippen LogP contribution in [0, 0.1) is 5.92 Å². The summed E-state index contributed by atoms with van der Waals surface area (Å²) in [5.41, 5.74) is 2.43. The molecule has 0 radical (unpaired) electrons. The van der Waals surface area contributed by atoms with Gasteiger partial charge in [0.15, 0.2) is 11.7 Å². The molecule has 4 rings (SSSR count). The summed E-state index contributed by atoms with van der Waals surface area (Å²) in [5.74, 6) is 2.44. The molecule has 1 aliphatic heterocycles. The summed E-state index contributed by atoms with van der Waals surface area (Å²) in [6, 6.07) is 20.6. The lowest BCUT2D eigenvalue weighted by Gasteiger charge is -2.32. The molecular weight excluding hydrogens is 360 g/mol. The summed E-state index contributed by atoms with van der Waals surface area (Å²) in [6.45, 7) is 1.76. The third-order valence-corrected chi connectivity index (χ3v) is 5.73. The maximum atomic E-state index is 12.6. The van der Waals surface area contributed by atoms with E-state index in [1.807, 2.05) is 35.2 Å². The van der Waals surface area contributed by atoms with Crippen LogP contribution in [-0.4, -0.2) is 28.9 Å². The highest BCUT2D eigenvalue weighted by Crippen LogP contribution is 2.23. The average molecular weight is 389 g/mol. The van der Waals surface area contributed by atoms with E-state index in [4.69, 9.17) is 4.42 Å². The van der Waals surface area contributed by atoms with Crippen LogP contribution < -0.4 is 0 Å². The SMILES string of the molecule is O=C(CCCc1ncc(-c2ccccc2)o1)N1CCC(Cc2ccccc2)CC1. The van der Waals surface area contributed by atoms with E-state index in [1.165, 1.54) is 5.56 Å². The van der Waals surface area contributed by atoms with Crippen LogP contribution in [0.25, 0.3) is 11.3 Å². The highest BCUT2D eigenvalue weighted by molar-refractivity contribution is 5.76. The molecule has 1 aromatic heterocycles. The van der Waals surface area contributed by atoms with Crippen molar-refractivity contribution in [3.05, 3.63) is 78.3 Å². The molecule has 2 aromatic carbocycles. The molecule has 29 heavy (non-hydrogen) atoms. The Morgan fingerprint density at radius 1 is 1.00 bits per heavy atom. The minimum atomic E-state index is 0.262. The number of carbonyl (C=O) groups is 1. The molecule has 1 aliphatic rings. The summed E-state index contributed by atoms with van der Waals surface area (Å²) < 4.78 is 5.83. The summed E-state index contributed by atoms with van der Waals surface area (Å²) in [7, 11) is 0. The number of piperidine rings is 1. The lowest BCUT2D eigenvalue weighted by atomic mass is 9.90. The molecule has 0 unspecified atom stereocenters. The Labute approximate surface area is 172 Å². The van der Waals surface area contributed by atoms with Crippen molar-refractivity contribution in [2.75, 3.05) is 13.1 Å². The molecule has 0 saturated carbocycles. The summed E-state index contributed by atoms with van der Waals surface area (Å²) in [4.78, 5) is 18.9. The van der Waals surface area contributed by atoms with Crippen molar-refractivity contribution < 1.29 is 9.21 Å². The van der Waals surface area contributed by atoms with Crippen LogP contribution in [0.1, 0.15) is 37.1 Å². The minimum absolute atomic E-state index is 0.262. The standard InChI is InChI=1S/C25H28N2O2/c28-25(27-16-14-21(15-17-27)18-20-8-3-1-4-9-20)13-7-12-24-26-19-23(29-24)22-10-5-2-6-11-22/h1-6,8-11,19,21H,7,12-18H2. The van der Waals surface area contributed by atoms with Crippen LogP contribution in [0.3, 0.4) is 0 Å². The molecule has 1 fully saturated rings. The Bertz CT molecular complexity index is 897. The third kappa shape index (κ3) is 5.35. The van der Waals surface area contributed by atoms with E-state index in [9.17, 15) is 4.79 Å². The molecule has 1 saturated heterocycles. The Morgan fingerprint density at radius 3 is 2.41 bits per heavy atom. The summed E-state index contributed by atoms with van der Waals surface area (Å²) in [5, 5.41) is 0. The smallest absolute Gasteiger partial charge is 0.222 e. The van der Waals surface area contributed by atoms with E-state index in [0.29, 0.717) is 24.7 Å². The molecule has 4 nitrogen and oxygen atoms in total. The van der Waals surface area contributed by atoms with Crippen molar-refractivity contribution in [3.63, 3.8) is 0 Å². The van der Waals surface area contributed by atoms with Gasteiger partial charge >= 0.3 is 0 Å². The van der Waals surface area contributed by atoms with E-state index >= 15 is 0 Å². The van der Waals surface area contributed by atoms with Gasteiger partial charge in [0.2, 0.25) is 5.91 Å². The number of oxazole rings is 1. The second-order valence-electron chi connectivity index (χ2n) is 7.85. The number of aryl methyl sites for hydroxylation is 1. The van der Waals surface area contributed by atoms with Crippen LogP contribution in [-0.2, 0) is 17.6 Å². The van der Waals surface area contributed by atoms with Crippen molar-refractivity contribution in [2.24, 2.45) is 5.92 Å². The molecular formula is C25H28N2O2. The van der Waals surface area contributed by atoms with Gasteiger partial charge in [-0.15, -0.1) is 0 Å². The fourth-order valence-corrected chi connectivity index (χ4v) is 4.04. The van der Waals surface area contributed by atoms with E-state index in [2.05, 4.69) is 35.3 Å². The van der Waals surface area contributed by atoms with E-state index in [0.717, 1.165) is 50.1 Å². The fraction of sp³-hybridized carbons (Fsp3) is 0.360. The zero-order valence-electron chi connectivity index (χ0n) is 16.8. The van der Waals surface area contributed by atoms with Gasteiger partial charge in [-0.3, -0.25) is 4.79 Å². The third-order valence-electron chi connectivity index (χ3n) is 5.73. The number of hydrogen-bond donors (Lipinski definition) is 0. The molecule has 1 amide bonds. The largest absolute Gasteiger partial charge is 0.441 e. The van der Waals surface area contributed by atoms with Crippen LogP contribution in [0.2, 0.25) is 0 Å². The number of hydrogen-bond acceptors (Lipinski definition) is 3. The van der Waals surface area contributed by atoms with Crippen LogP contribution in [0.5, 0.6) is 0 Å². The van der Waals surface area contributed by atoms with Crippen LogP contribution in [0.4, 0.5) is 0 Å². The van der Waals surface area contributed by atoms with Crippen molar-refractivity contribution in [2.45, 2.75) is 38.5 Å². The molecule has 0 atom stereocenters. The maximum Gasteiger partial charge on any atom is 0.222 e. The van der Waals surface area contributed by atoms with E-state index in [-0.39, 0.29) is 5.91 Å². The first-order valence-electron chi connectivity index (χ1n) is 10.6. The highest BCUT2D eigenvalue weighted by Gasteiger charge is 2.22. The summed E-state index contributed by atoms with van der Waals surface area (Å²) >= 11 is 0. The number of aromatic nitrogens is 1. The van der Waals surface area contributed by atoms with Crippen molar-refractivity contribution in [1.82, 2.24) is 9.88 Å². The van der Waals surface area contributed by atoms with Crippen LogP contribution in [0.15, 0.2) is 71.3 Å². The van der Waals surface area contributed by atoms with Gasteiger partial charge in [-0.25, -0.2) is 4.98 Å². The molecule has 0 spiro atoms. The van der Waals surface area contributed by atoms with Gasteiger partial charge in [0.1, 0.15) is 0 Å². The van der Waals surface area contributed by atoms with Crippen LogP contribution >= 0.6 is 0 Å². The molecule has 0 N–H and O–H groups in total. The molecule has 2 heterocycles. The first kappa shape index (κ1) is 19.4. The first-order chi connectivity index (χ1) is 14.3. The molecule has 3 aromatic rings. The number of benzene rings is 2. The predicted molar refractivity (Wildman–Crippen MR) is 114 cm³/mol. The number of nitrogens with zero attached hydrogens (tertiary/aromatic N) is 2. The Balaban J connectivity index is 1.18. The lowest BCUT2D eigenvalue weighted by molar-refractivity contribution is -0.132. The maximum absolute atomic E-state index is 12.6. The predicted octanol–water partition coefficient (Wildman–Crippen LogP) is 5.15. The van der Waals surface area contributed by atoms with Gasteiger partial charge in [-0.1, -0.05) is 60.7 Å². The van der Waals surface area contributed by atoms with Gasteiger partial charge in [0.05, 0.1) is 6.20 Å². The Kier molecular flexibility index (Phi) is 6.40. The highest BCUT2D eigenvalue weighted by atomic mass is 16.4. The van der Waals surface area contributed by atoms with Crippen molar-refractivity contribution in [3.8, 4) is 11.3 Å². The van der Waals surface area contributed by atoms with Gasteiger partial charge in [0.25, 0.3) is 0 Å². The molecule has 0 aliphatic carbocycles. The minimum Gasteiger partial charge on any atom is -0.441 e. The monoisotopic (exact) mass is 388 g/mol.